The lowest BCUT2D eigenvalue weighted by Gasteiger charge is -2.11. The first kappa shape index (κ1) is 21.4. The van der Waals surface area contributed by atoms with Gasteiger partial charge in [-0.05, 0) is 61.6 Å². The highest BCUT2D eigenvalue weighted by Gasteiger charge is 2.08. The van der Waals surface area contributed by atoms with Crippen LogP contribution in [0, 0.1) is 13.8 Å². The van der Waals surface area contributed by atoms with Crippen LogP contribution < -0.4 is 10.6 Å². The van der Waals surface area contributed by atoms with Crippen molar-refractivity contribution in [2.24, 2.45) is 0 Å². The number of hydrogen-bond acceptors (Lipinski definition) is 4. The van der Waals surface area contributed by atoms with Crippen LogP contribution in [0.2, 0.25) is 0 Å². The van der Waals surface area contributed by atoms with Gasteiger partial charge in [0.15, 0.2) is 0 Å². The predicted molar refractivity (Wildman–Crippen MR) is 118 cm³/mol. The van der Waals surface area contributed by atoms with Crippen molar-refractivity contribution < 1.29 is 9.59 Å². The molecule has 0 bridgehead atoms. The minimum absolute atomic E-state index is 0.0155. The second-order valence-corrected chi connectivity index (χ2v) is 8.24. The molecule has 0 radical (unpaired) electrons. The van der Waals surface area contributed by atoms with Gasteiger partial charge in [-0.1, -0.05) is 24.3 Å². The fourth-order valence-corrected chi connectivity index (χ4v) is 3.82. The molecule has 0 heterocycles. The molecule has 0 aliphatic carbocycles. The molecular weight excluding hydrogens is 376 g/mol. The zero-order valence-electron chi connectivity index (χ0n) is 16.0. The first-order valence-corrected chi connectivity index (χ1v) is 11.2. The van der Waals surface area contributed by atoms with Gasteiger partial charge >= 0.3 is 0 Å². The van der Waals surface area contributed by atoms with Gasteiger partial charge in [-0.3, -0.25) is 9.59 Å². The number of para-hydroxylation sites is 1. The second kappa shape index (κ2) is 11.0. The van der Waals surface area contributed by atoms with Crippen LogP contribution >= 0.6 is 23.5 Å². The fourth-order valence-electron chi connectivity index (χ4n) is 2.61. The zero-order chi connectivity index (χ0) is 19.6. The van der Waals surface area contributed by atoms with E-state index in [0.29, 0.717) is 12.2 Å². The molecule has 2 aromatic rings. The van der Waals surface area contributed by atoms with Crippen LogP contribution in [0.4, 0.5) is 11.4 Å². The third-order valence-corrected chi connectivity index (χ3v) is 5.79. The molecule has 0 fully saturated rings. The Bertz CT molecular complexity index is 773. The average Bonchev–Trinajstić information content (AvgIpc) is 2.64. The Labute approximate surface area is 169 Å². The van der Waals surface area contributed by atoms with Gasteiger partial charge in [0.05, 0.1) is 5.75 Å². The highest BCUT2D eigenvalue weighted by Crippen LogP contribution is 2.20. The number of nitrogens with one attached hydrogen (secondary N) is 2. The topological polar surface area (TPSA) is 58.2 Å². The van der Waals surface area contributed by atoms with Gasteiger partial charge in [0.2, 0.25) is 11.8 Å². The SMILES string of the molecule is CSc1cccc(NC(=O)CSCCCC(=O)Nc2c(C)cccc2C)c1. The van der Waals surface area contributed by atoms with E-state index in [0.717, 1.165) is 39.6 Å². The first-order chi connectivity index (χ1) is 13.0. The van der Waals surface area contributed by atoms with E-state index in [-0.39, 0.29) is 11.8 Å². The van der Waals surface area contributed by atoms with Crippen molar-refractivity contribution in [3.63, 3.8) is 0 Å². The quantitative estimate of drug-likeness (QED) is 0.452. The van der Waals surface area contributed by atoms with Crippen molar-refractivity contribution in [2.45, 2.75) is 31.6 Å². The minimum atomic E-state index is -0.0155. The molecule has 2 amide bonds. The smallest absolute Gasteiger partial charge is 0.234 e. The van der Waals surface area contributed by atoms with E-state index in [2.05, 4.69) is 10.6 Å². The maximum atomic E-state index is 12.1. The first-order valence-electron chi connectivity index (χ1n) is 8.87. The molecule has 27 heavy (non-hydrogen) atoms. The lowest BCUT2D eigenvalue weighted by atomic mass is 10.1. The number of thioether (sulfide) groups is 2. The maximum absolute atomic E-state index is 12.1. The lowest BCUT2D eigenvalue weighted by Crippen LogP contribution is -2.15. The molecule has 2 rings (SSSR count). The van der Waals surface area contributed by atoms with E-state index < -0.39 is 0 Å². The van der Waals surface area contributed by atoms with E-state index in [1.165, 1.54) is 0 Å². The molecule has 2 aromatic carbocycles. The number of anilines is 2. The summed E-state index contributed by atoms with van der Waals surface area (Å²) in [5, 5.41) is 5.90. The summed E-state index contributed by atoms with van der Waals surface area (Å²) in [5.41, 5.74) is 3.86. The van der Waals surface area contributed by atoms with E-state index in [9.17, 15) is 9.59 Å². The number of rotatable bonds is 9. The molecule has 4 nitrogen and oxygen atoms in total. The molecule has 0 unspecified atom stereocenters. The summed E-state index contributed by atoms with van der Waals surface area (Å²) >= 11 is 3.19. The second-order valence-electron chi connectivity index (χ2n) is 6.25. The van der Waals surface area contributed by atoms with Gasteiger partial charge in [0.25, 0.3) is 0 Å². The third kappa shape index (κ3) is 7.31. The van der Waals surface area contributed by atoms with Crippen molar-refractivity contribution in [1.82, 2.24) is 0 Å². The Hall–Kier alpha value is -1.92. The van der Waals surface area contributed by atoms with Crippen LogP contribution in [0.5, 0.6) is 0 Å². The predicted octanol–water partition coefficient (Wildman–Crippen LogP) is 5.12. The number of benzene rings is 2. The monoisotopic (exact) mass is 402 g/mol. The number of carbonyl (C=O) groups is 2. The van der Waals surface area contributed by atoms with E-state index in [1.54, 1.807) is 23.5 Å². The summed E-state index contributed by atoms with van der Waals surface area (Å²) in [5.74, 6) is 1.17. The van der Waals surface area contributed by atoms with Crippen LogP contribution in [0.3, 0.4) is 0 Å². The number of amides is 2. The highest BCUT2D eigenvalue weighted by atomic mass is 32.2. The molecule has 0 aliphatic heterocycles. The molecule has 6 heteroatoms. The molecule has 0 aliphatic rings. The fraction of sp³-hybridized carbons (Fsp3) is 0.333. The Morgan fingerprint density at radius 1 is 0.963 bits per heavy atom. The molecule has 0 saturated carbocycles. The summed E-state index contributed by atoms with van der Waals surface area (Å²) in [7, 11) is 0. The van der Waals surface area contributed by atoms with Crippen molar-refractivity contribution in [1.29, 1.82) is 0 Å². The van der Waals surface area contributed by atoms with Gasteiger partial charge in [0, 0.05) is 22.7 Å². The van der Waals surface area contributed by atoms with Crippen molar-refractivity contribution in [2.75, 3.05) is 28.4 Å². The van der Waals surface area contributed by atoms with Gasteiger partial charge in [0.1, 0.15) is 0 Å². The third-order valence-electron chi connectivity index (χ3n) is 4.02. The lowest BCUT2D eigenvalue weighted by molar-refractivity contribution is -0.116. The average molecular weight is 403 g/mol. The van der Waals surface area contributed by atoms with Crippen molar-refractivity contribution in [3.8, 4) is 0 Å². The van der Waals surface area contributed by atoms with E-state index in [1.807, 2.05) is 62.6 Å². The number of hydrogen-bond donors (Lipinski definition) is 2. The maximum Gasteiger partial charge on any atom is 0.234 e. The van der Waals surface area contributed by atoms with Crippen LogP contribution in [0.15, 0.2) is 47.4 Å². The molecule has 0 saturated heterocycles. The molecule has 144 valence electrons. The van der Waals surface area contributed by atoms with E-state index >= 15 is 0 Å². The van der Waals surface area contributed by atoms with Crippen LogP contribution in [-0.2, 0) is 9.59 Å². The van der Waals surface area contributed by atoms with Gasteiger partial charge in [-0.15, -0.1) is 11.8 Å². The number of carbonyl (C=O) groups excluding carboxylic acids is 2. The molecule has 0 aromatic heterocycles. The van der Waals surface area contributed by atoms with Crippen molar-refractivity contribution >= 4 is 46.7 Å². The van der Waals surface area contributed by atoms with Gasteiger partial charge < -0.3 is 10.6 Å². The Morgan fingerprint density at radius 2 is 1.67 bits per heavy atom. The molecule has 2 N–H and O–H groups in total. The Morgan fingerprint density at radius 3 is 2.37 bits per heavy atom. The molecule has 0 spiro atoms. The van der Waals surface area contributed by atoms with Crippen LogP contribution in [-0.4, -0.2) is 29.6 Å². The number of aryl methyl sites for hydroxylation is 2. The highest BCUT2D eigenvalue weighted by molar-refractivity contribution is 8.00. The molecular formula is C21H26N2O2S2. The molecule has 0 atom stereocenters. The Balaban J connectivity index is 1.65. The van der Waals surface area contributed by atoms with Crippen LogP contribution in [0.1, 0.15) is 24.0 Å². The normalized spacial score (nSPS) is 10.5. The summed E-state index contributed by atoms with van der Waals surface area (Å²) in [6.45, 7) is 3.98. The van der Waals surface area contributed by atoms with Crippen molar-refractivity contribution in [3.05, 3.63) is 53.6 Å². The standard InChI is InChI=1S/C21H26N2O2S2/c1-15-7-4-8-16(2)21(15)23-19(24)11-6-12-27-14-20(25)22-17-9-5-10-18(13-17)26-3/h4-5,7-10,13H,6,11-12,14H2,1-3H3,(H,22,25)(H,23,24). The Kier molecular flexibility index (Phi) is 8.75. The summed E-state index contributed by atoms with van der Waals surface area (Å²) < 4.78 is 0. The zero-order valence-corrected chi connectivity index (χ0v) is 17.6. The van der Waals surface area contributed by atoms with Gasteiger partial charge in [-0.25, -0.2) is 0 Å². The largest absolute Gasteiger partial charge is 0.326 e. The van der Waals surface area contributed by atoms with E-state index in [4.69, 9.17) is 0 Å². The summed E-state index contributed by atoms with van der Waals surface area (Å²) in [4.78, 5) is 25.2. The van der Waals surface area contributed by atoms with Crippen LogP contribution in [0.25, 0.3) is 0 Å². The summed E-state index contributed by atoms with van der Waals surface area (Å²) in [6, 6.07) is 13.8. The summed E-state index contributed by atoms with van der Waals surface area (Å²) in [6.07, 6.45) is 3.21. The minimum Gasteiger partial charge on any atom is -0.326 e. The van der Waals surface area contributed by atoms with Gasteiger partial charge in [-0.2, -0.15) is 11.8 Å².